The quantitative estimate of drug-likeness (QED) is 0.719. The van der Waals surface area contributed by atoms with Crippen LogP contribution in [0.2, 0.25) is 0 Å². The number of nitrogens with two attached hydrogens (primary N) is 1. The summed E-state index contributed by atoms with van der Waals surface area (Å²) in [6, 6.07) is 5.05. The van der Waals surface area contributed by atoms with Crippen LogP contribution in [0.1, 0.15) is 23.6 Å². The van der Waals surface area contributed by atoms with Gasteiger partial charge in [0.2, 0.25) is 0 Å². The third kappa shape index (κ3) is 6.52. The number of hydrogen-bond acceptors (Lipinski definition) is 4. The van der Waals surface area contributed by atoms with Gasteiger partial charge in [0.15, 0.2) is 0 Å². The Morgan fingerprint density at radius 2 is 1.76 bits per heavy atom. The molecule has 1 atom stereocenters. The van der Waals surface area contributed by atoms with Gasteiger partial charge < -0.3 is 15.2 Å². The maximum Gasteiger partial charge on any atom is 0.126 e. The second-order valence-electron chi connectivity index (χ2n) is 5.23. The molecule has 0 aliphatic rings. The molecule has 0 spiro atoms. The Balaban J connectivity index is 2.50. The van der Waals surface area contributed by atoms with E-state index in [0.29, 0.717) is 18.8 Å². The lowest BCUT2D eigenvalue weighted by molar-refractivity contribution is 0.112. The first-order valence-corrected chi connectivity index (χ1v) is 7.30. The second-order valence-corrected chi connectivity index (χ2v) is 5.23. The fourth-order valence-corrected chi connectivity index (χ4v) is 2.10. The van der Waals surface area contributed by atoms with Crippen molar-refractivity contribution in [1.29, 1.82) is 0 Å². The van der Waals surface area contributed by atoms with E-state index in [1.807, 2.05) is 6.07 Å². The van der Waals surface area contributed by atoms with E-state index in [1.165, 1.54) is 6.07 Å². The minimum Gasteiger partial charge on any atom is -0.383 e. The van der Waals surface area contributed by atoms with Crippen molar-refractivity contribution in [1.82, 2.24) is 4.90 Å². The van der Waals surface area contributed by atoms with E-state index < -0.39 is 0 Å². The lowest BCUT2D eigenvalue weighted by Crippen LogP contribution is -2.33. The number of nitrogens with zero attached hydrogens (tertiary/aromatic N) is 1. The van der Waals surface area contributed by atoms with E-state index in [-0.39, 0.29) is 11.9 Å². The number of methoxy groups -OCH3 is 2. The molecule has 4 nitrogen and oxygen atoms in total. The average molecular weight is 298 g/mol. The molecule has 1 aromatic rings. The van der Waals surface area contributed by atoms with Crippen LogP contribution >= 0.6 is 0 Å². The number of halogens is 1. The number of rotatable bonds is 10. The monoisotopic (exact) mass is 298 g/mol. The summed E-state index contributed by atoms with van der Waals surface area (Å²) < 4.78 is 23.8. The van der Waals surface area contributed by atoms with Gasteiger partial charge in [-0.2, -0.15) is 0 Å². The third-order valence-corrected chi connectivity index (χ3v) is 3.60. The van der Waals surface area contributed by atoms with Crippen molar-refractivity contribution in [3.8, 4) is 0 Å². The summed E-state index contributed by atoms with van der Waals surface area (Å²) in [5.41, 5.74) is 7.65. The van der Waals surface area contributed by atoms with Crippen molar-refractivity contribution in [2.45, 2.75) is 19.4 Å². The normalized spacial score (nSPS) is 12.9. The van der Waals surface area contributed by atoms with Gasteiger partial charge in [0.25, 0.3) is 0 Å². The smallest absolute Gasteiger partial charge is 0.126 e. The summed E-state index contributed by atoms with van der Waals surface area (Å²) in [5, 5.41) is 0. The molecule has 1 rings (SSSR count). The largest absolute Gasteiger partial charge is 0.383 e. The summed E-state index contributed by atoms with van der Waals surface area (Å²) in [7, 11) is 3.38. The van der Waals surface area contributed by atoms with E-state index in [9.17, 15) is 4.39 Å². The summed E-state index contributed by atoms with van der Waals surface area (Å²) in [6.45, 7) is 5.63. The van der Waals surface area contributed by atoms with Gasteiger partial charge in [-0.3, -0.25) is 4.90 Å². The first kappa shape index (κ1) is 18.0. The van der Waals surface area contributed by atoms with Gasteiger partial charge in [-0.15, -0.1) is 0 Å². The molecular weight excluding hydrogens is 271 g/mol. The molecule has 0 aromatic heterocycles. The van der Waals surface area contributed by atoms with Crippen LogP contribution in [0.4, 0.5) is 4.39 Å². The predicted molar refractivity (Wildman–Crippen MR) is 82.9 cm³/mol. The zero-order valence-electron chi connectivity index (χ0n) is 13.3. The maximum atomic E-state index is 13.6. The Kier molecular flexibility index (Phi) is 8.45. The van der Waals surface area contributed by atoms with Crippen LogP contribution in [-0.2, 0) is 9.47 Å². The molecule has 1 aromatic carbocycles. The molecule has 0 saturated heterocycles. The van der Waals surface area contributed by atoms with Crippen molar-refractivity contribution >= 4 is 0 Å². The van der Waals surface area contributed by atoms with Gasteiger partial charge in [0.05, 0.1) is 13.2 Å². The van der Waals surface area contributed by atoms with Crippen molar-refractivity contribution in [2.75, 3.05) is 47.1 Å². The Morgan fingerprint density at radius 1 is 1.14 bits per heavy atom. The van der Waals surface area contributed by atoms with E-state index in [4.69, 9.17) is 15.2 Å². The minimum atomic E-state index is -0.196. The Morgan fingerprint density at radius 3 is 2.29 bits per heavy atom. The molecule has 120 valence electrons. The molecule has 0 amide bonds. The average Bonchev–Trinajstić information content (AvgIpc) is 2.49. The Bertz CT molecular complexity index is 407. The highest BCUT2D eigenvalue weighted by Gasteiger charge is 2.11. The van der Waals surface area contributed by atoms with Crippen molar-refractivity contribution in [2.24, 2.45) is 5.73 Å². The molecule has 0 heterocycles. The van der Waals surface area contributed by atoms with Gasteiger partial charge in [-0.25, -0.2) is 4.39 Å². The van der Waals surface area contributed by atoms with Gasteiger partial charge in [-0.05, 0) is 30.5 Å². The van der Waals surface area contributed by atoms with E-state index >= 15 is 0 Å². The molecule has 1 unspecified atom stereocenters. The summed E-state index contributed by atoms with van der Waals surface area (Å²) in [4.78, 5) is 2.25. The zero-order valence-corrected chi connectivity index (χ0v) is 13.3. The maximum absolute atomic E-state index is 13.6. The highest BCUT2D eigenvalue weighted by molar-refractivity contribution is 5.25. The van der Waals surface area contributed by atoms with Gasteiger partial charge in [0, 0.05) is 39.9 Å². The number of aryl methyl sites for hydroxylation is 1. The van der Waals surface area contributed by atoms with Gasteiger partial charge in [-0.1, -0.05) is 12.1 Å². The fraction of sp³-hybridized carbons (Fsp3) is 0.625. The molecule has 0 fully saturated rings. The zero-order chi connectivity index (χ0) is 15.7. The van der Waals surface area contributed by atoms with E-state index in [1.54, 1.807) is 27.2 Å². The molecular formula is C16H27FN2O2. The molecule has 2 N–H and O–H groups in total. The van der Waals surface area contributed by atoms with Crippen LogP contribution in [0.15, 0.2) is 18.2 Å². The second kappa shape index (κ2) is 9.84. The highest BCUT2D eigenvalue weighted by atomic mass is 19.1. The van der Waals surface area contributed by atoms with Gasteiger partial charge >= 0.3 is 0 Å². The summed E-state index contributed by atoms with van der Waals surface area (Å²) in [5.74, 6) is -0.196. The lowest BCUT2D eigenvalue weighted by Gasteiger charge is -2.23. The predicted octanol–water partition coefficient (Wildman–Crippen LogP) is 2.12. The number of ether oxygens (including phenoxy) is 2. The molecule has 0 radical (unpaired) electrons. The van der Waals surface area contributed by atoms with Crippen LogP contribution in [0, 0.1) is 12.7 Å². The van der Waals surface area contributed by atoms with Crippen LogP contribution < -0.4 is 5.73 Å². The van der Waals surface area contributed by atoms with E-state index in [2.05, 4.69) is 4.90 Å². The van der Waals surface area contributed by atoms with Gasteiger partial charge in [0.1, 0.15) is 5.82 Å². The SMILES string of the molecule is COCCN(CCOC)CCC(N)c1ccc(C)c(F)c1. The molecule has 5 heteroatoms. The van der Waals surface area contributed by atoms with Crippen LogP contribution in [0.25, 0.3) is 0 Å². The van der Waals surface area contributed by atoms with Crippen molar-refractivity contribution in [3.63, 3.8) is 0 Å². The topological polar surface area (TPSA) is 47.7 Å². The van der Waals surface area contributed by atoms with Crippen LogP contribution in [0.3, 0.4) is 0 Å². The fourth-order valence-electron chi connectivity index (χ4n) is 2.10. The molecule has 0 saturated carbocycles. The first-order valence-electron chi connectivity index (χ1n) is 7.30. The highest BCUT2D eigenvalue weighted by Crippen LogP contribution is 2.17. The third-order valence-electron chi connectivity index (χ3n) is 3.60. The molecule has 0 bridgehead atoms. The molecule has 21 heavy (non-hydrogen) atoms. The van der Waals surface area contributed by atoms with Crippen LogP contribution in [-0.4, -0.2) is 52.0 Å². The summed E-state index contributed by atoms with van der Waals surface area (Å²) in [6.07, 6.45) is 0.774. The standard InChI is InChI=1S/C16H27FN2O2/c1-13-4-5-14(12-15(13)17)16(18)6-7-19(8-10-20-2)9-11-21-3/h4-5,12,16H,6-11,18H2,1-3H3. The number of benzene rings is 1. The number of hydrogen-bond donors (Lipinski definition) is 1. The van der Waals surface area contributed by atoms with Crippen LogP contribution in [0.5, 0.6) is 0 Å². The Hall–Kier alpha value is -1.01. The van der Waals surface area contributed by atoms with Crippen molar-refractivity contribution in [3.05, 3.63) is 35.1 Å². The van der Waals surface area contributed by atoms with E-state index in [0.717, 1.165) is 31.6 Å². The lowest BCUT2D eigenvalue weighted by atomic mass is 10.0. The molecule has 0 aliphatic heterocycles. The summed E-state index contributed by atoms with van der Waals surface area (Å²) >= 11 is 0. The first-order chi connectivity index (χ1) is 10.1. The van der Waals surface area contributed by atoms with Crippen molar-refractivity contribution < 1.29 is 13.9 Å². The minimum absolute atomic E-state index is 0.160. The molecule has 0 aliphatic carbocycles. The Labute approximate surface area is 127 Å².